The maximum atomic E-state index is 11.9. The fourth-order valence-electron chi connectivity index (χ4n) is 1.79. The fourth-order valence-corrected chi connectivity index (χ4v) is 2.15. The maximum absolute atomic E-state index is 11.9. The third-order valence-corrected chi connectivity index (χ3v) is 3.15. The minimum absolute atomic E-state index is 0.0853. The summed E-state index contributed by atoms with van der Waals surface area (Å²) in [6.07, 6.45) is 0. The minimum Gasteiger partial charge on any atom is -0.465 e. The number of fused-ring (bicyclic) bond motifs is 1. The first kappa shape index (κ1) is 14.5. The molecule has 0 atom stereocenters. The van der Waals surface area contributed by atoms with Crippen molar-refractivity contribution in [1.29, 1.82) is 0 Å². The highest BCUT2D eigenvalue weighted by atomic mass is 79.9. The first-order valence-corrected chi connectivity index (χ1v) is 6.72. The molecule has 2 aromatic rings. The van der Waals surface area contributed by atoms with E-state index in [0.717, 1.165) is 4.47 Å². The molecular formula is C14H12BrNO4. The van der Waals surface area contributed by atoms with Crippen LogP contribution in [0, 0.1) is 0 Å². The summed E-state index contributed by atoms with van der Waals surface area (Å²) < 4.78 is 10.5. The van der Waals surface area contributed by atoms with Gasteiger partial charge in [-0.1, -0.05) is 15.9 Å². The number of hydrogen-bond donors (Lipinski definition) is 0. The van der Waals surface area contributed by atoms with Crippen LogP contribution in [0.25, 0.3) is 10.9 Å². The van der Waals surface area contributed by atoms with Gasteiger partial charge in [0, 0.05) is 9.86 Å². The van der Waals surface area contributed by atoms with Crippen LogP contribution in [0.15, 0.2) is 28.7 Å². The van der Waals surface area contributed by atoms with E-state index in [1.807, 2.05) is 0 Å². The summed E-state index contributed by atoms with van der Waals surface area (Å²) in [7, 11) is 1.29. The summed E-state index contributed by atoms with van der Waals surface area (Å²) in [5.74, 6) is -1.09. The summed E-state index contributed by atoms with van der Waals surface area (Å²) >= 11 is 3.34. The lowest BCUT2D eigenvalue weighted by atomic mass is 10.1. The second kappa shape index (κ2) is 6.00. The van der Waals surface area contributed by atoms with Gasteiger partial charge in [0.15, 0.2) is 0 Å². The zero-order valence-electron chi connectivity index (χ0n) is 11.0. The molecule has 0 aliphatic heterocycles. The minimum atomic E-state index is -0.567. The van der Waals surface area contributed by atoms with Crippen molar-refractivity contribution in [3.05, 3.63) is 40.0 Å². The highest BCUT2D eigenvalue weighted by Crippen LogP contribution is 2.23. The molecule has 6 heteroatoms. The van der Waals surface area contributed by atoms with Gasteiger partial charge in [0.2, 0.25) is 0 Å². The molecule has 0 saturated heterocycles. The molecule has 5 nitrogen and oxygen atoms in total. The molecule has 20 heavy (non-hydrogen) atoms. The molecule has 0 fully saturated rings. The Morgan fingerprint density at radius 1 is 1.25 bits per heavy atom. The predicted octanol–water partition coefficient (Wildman–Crippen LogP) is 2.96. The van der Waals surface area contributed by atoms with Crippen molar-refractivity contribution in [1.82, 2.24) is 4.98 Å². The van der Waals surface area contributed by atoms with E-state index in [9.17, 15) is 9.59 Å². The molecular weight excluding hydrogens is 326 g/mol. The van der Waals surface area contributed by atoms with Crippen molar-refractivity contribution < 1.29 is 19.1 Å². The van der Waals surface area contributed by atoms with Gasteiger partial charge in [0.05, 0.1) is 24.8 Å². The van der Waals surface area contributed by atoms with Crippen molar-refractivity contribution >= 4 is 38.8 Å². The van der Waals surface area contributed by atoms with Gasteiger partial charge in [-0.15, -0.1) is 0 Å². The third-order valence-electron chi connectivity index (χ3n) is 2.66. The van der Waals surface area contributed by atoms with E-state index in [4.69, 9.17) is 9.47 Å². The molecule has 0 unspecified atom stereocenters. The number of methoxy groups -OCH3 is 1. The summed E-state index contributed by atoms with van der Waals surface area (Å²) in [6, 6.07) is 6.64. The van der Waals surface area contributed by atoms with Gasteiger partial charge in [0.1, 0.15) is 5.69 Å². The standard InChI is InChI=1S/C14H12BrNO4/c1-3-20-14(18)12-7-10(13(17)19-2)9-6-8(15)4-5-11(9)16-12/h4-7H,3H2,1-2H3. The molecule has 0 bridgehead atoms. The number of ether oxygens (including phenoxy) is 2. The van der Waals surface area contributed by atoms with Crippen molar-refractivity contribution in [3.8, 4) is 0 Å². The van der Waals surface area contributed by atoms with Crippen LogP contribution in [0.4, 0.5) is 0 Å². The van der Waals surface area contributed by atoms with Gasteiger partial charge in [0.25, 0.3) is 0 Å². The maximum Gasteiger partial charge on any atom is 0.356 e. The van der Waals surface area contributed by atoms with Crippen LogP contribution in [-0.4, -0.2) is 30.6 Å². The van der Waals surface area contributed by atoms with Crippen molar-refractivity contribution in [3.63, 3.8) is 0 Å². The Kier molecular flexibility index (Phi) is 4.34. The van der Waals surface area contributed by atoms with Crippen LogP contribution in [0.3, 0.4) is 0 Å². The van der Waals surface area contributed by atoms with E-state index < -0.39 is 11.9 Å². The lowest BCUT2D eigenvalue weighted by Crippen LogP contribution is -2.11. The second-order valence-corrected chi connectivity index (χ2v) is 4.84. The van der Waals surface area contributed by atoms with E-state index in [2.05, 4.69) is 20.9 Å². The van der Waals surface area contributed by atoms with E-state index in [1.54, 1.807) is 25.1 Å². The average molecular weight is 338 g/mol. The van der Waals surface area contributed by atoms with Crippen molar-refractivity contribution in [2.24, 2.45) is 0 Å². The molecule has 0 radical (unpaired) electrons. The molecule has 0 aliphatic rings. The summed E-state index contributed by atoms with van der Waals surface area (Å²) in [6.45, 7) is 1.95. The Morgan fingerprint density at radius 2 is 2.00 bits per heavy atom. The molecule has 1 aromatic heterocycles. The Morgan fingerprint density at radius 3 is 2.65 bits per heavy atom. The van der Waals surface area contributed by atoms with Gasteiger partial charge in [-0.25, -0.2) is 14.6 Å². The van der Waals surface area contributed by atoms with E-state index >= 15 is 0 Å². The van der Waals surface area contributed by atoms with Crippen molar-refractivity contribution in [2.75, 3.05) is 13.7 Å². The largest absolute Gasteiger partial charge is 0.465 e. The fraction of sp³-hybridized carbons (Fsp3) is 0.214. The zero-order valence-corrected chi connectivity index (χ0v) is 12.6. The Labute approximate surface area is 124 Å². The second-order valence-electron chi connectivity index (χ2n) is 3.93. The lowest BCUT2D eigenvalue weighted by Gasteiger charge is -2.08. The molecule has 0 aliphatic carbocycles. The smallest absolute Gasteiger partial charge is 0.356 e. The molecule has 1 heterocycles. The molecule has 0 N–H and O–H groups in total. The normalized spacial score (nSPS) is 10.3. The Bertz CT molecular complexity index is 684. The number of benzene rings is 1. The van der Waals surface area contributed by atoms with E-state index in [0.29, 0.717) is 10.9 Å². The number of aromatic nitrogens is 1. The molecule has 1 aromatic carbocycles. The van der Waals surface area contributed by atoms with Gasteiger partial charge in [-0.05, 0) is 31.2 Å². The highest BCUT2D eigenvalue weighted by Gasteiger charge is 2.17. The summed E-state index contributed by atoms with van der Waals surface area (Å²) in [4.78, 5) is 27.8. The number of carbonyl (C=O) groups is 2. The number of carbonyl (C=O) groups excluding carboxylic acids is 2. The van der Waals surface area contributed by atoms with E-state index in [1.165, 1.54) is 13.2 Å². The Hall–Kier alpha value is -1.95. The van der Waals surface area contributed by atoms with Crippen LogP contribution in [-0.2, 0) is 9.47 Å². The number of esters is 2. The van der Waals surface area contributed by atoms with Crippen molar-refractivity contribution in [2.45, 2.75) is 6.92 Å². The molecule has 0 spiro atoms. The summed E-state index contributed by atoms with van der Waals surface area (Å²) in [5, 5.41) is 0.610. The van der Waals surface area contributed by atoms with Gasteiger partial charge >= 0.3 is 11.9 Å². The Balaban J connectivity index is 2.67. The quantitative estimate of drug-likeness (QED) is 0.805. The third kappa shape index (κ3) is 2.80. The van der Waals surface area contributed by atoms with Crippen LogP contribution in [0.2, 0.25) is 0 Å². The molecule has 0 amide bonds. The molecule has 104 valence electrons. The monoisotopic (exact) mass is 337 g/mol. The number of nitrogens with zero attached hydrogens (tertiary/aromatic N) is 1. The van der Waals surface area contributed by atoms with Crippen LogP contribution < -0.4 is 0 Å². The van der Waals surface area contributed by atoms with Crippen LogP contribution in [0.5, 0.6) is 0 Å². The number of hydrogen-bond acceptors (Lipinski definition) is 5. The van der Waals surface area contributed by atoms with Gasteiger partial charge in [-0.2, -0.15) is 0 Å². The zero-order chi connectivity index (χ0) is 14.7. The molecule has 0 saturated carbocycles. The van der Waals surface area contributed by atoms with Crippen LogP contribution in [0.1, 0.15) is 27.8 Å². The number of pyridine rings is 1. The lowest BCUT2D eigenvalue weighted by molar-refractivity contribution is 0.0520. The molecule has 2 rings (SSSR count). The highest BCUT2D eigenvalue weighted by molar-refractivity contribution is 9.10. The average Bonchev–Trinajstić information content (AvgIpc) is 2.45. The van der Waals surface area contributed by atoms with Gasteiger partial charge < -0.3 is 9.47 Å². The summed E-state index contributed by atoms with van der Waals surface area (Å²) in [5.41, 5.74) is 0.892. The number of halogens is 1. The first-order chi connectivity index (χ1) is 9.56. The predicted molar refractivity (Wildman–Crippen MR) is 76.7 cm³/mol. The first-order valence-electron chi connectivity index (χ1n) is 5.92. The van der Waals surface area contributed by atoms with E-state index in [-0.39, 0.29) is 17.9 Å². The van der Waals surface area contributed by atoms with Gasteiger partial charge in [-0.3, -0.25) is 0 Å². The van der Waals surface area contributed by atoms with Crippen LogP contribution >= 0.6 is 15.9 Å². The number of rotatable bonds is 3. The SMILES string of the molecule is CCOC(=O)c1cc(C(=O)OC)c2cc(Br)ccc2n1. The topological polar surface area (TPSA) is 65.5 Å².